The van der Waals surface area contributed by atoms with Crippen molar-refractivity contribution in [3.8, 4) is 5.75 Å². The predicted octanol–water partition coefficient (Wildman–Crippen LogP) is 7.32. The molecule has 0 radical (unpaired) electrons. The second kappa shape index (κ2) is 16.0. The Morgan fingerprint density at radius 3 is 1.75 bits per heavy atom. The van der Waals surface area contributed by atoms with E-state index in [0.717, 1.165) is 43.4 Å². The maximum Gasteiger partial charge on any atom is 0.254 e. The van der Waals surface area contributed by atoms with Crippen molar-refractivity contribution in [3.63, 3.8) is 0 Å². The van der Waals surface area contributed by atoms with E-state index in [4.69, 9.17) is 4.74 Å². The lowest BCUT2D eigenvalue weighted by atomic mass is 9.93. The Bertz CT molecular complexity index is 1480. The number of carbonyl (C=O) groups is 2. The fourth-order valence-electron chi connectivity index (χ4n) is 4.55. The minimum absolute atomic E-state index is 0.00250. The molecule has 1 aliphatic heterocycles. The molecule has 0 aliphatic carbocycles. The monoisotopic (exact) mass is 614 g/mol. The van der Waals surface area contributed by atoms with Crippen LogP contribution in [0.25, 0.3) is 12.2 Å². The van der Waals surface area contributed by atoms with Gasteiger partial charge in [-0.3, -0.25) is 9.59 Å². The van der Waals surface area contributed by atoms with Crippen LogP contribution in [0.2, 0.25) is 0 Å². The summed E-state index contributed by atoms with van der Waals surface area (Å²) in [6.45, 7) is 10.1. The van der Waals surface area contributed by atoms with Gasteiger partial charge in [-0.25, -0.2) is 22.0 Å². The maximum atomic E-state index is 14.9. The predicted molar refractivity (Wildman–Crippen MR) is 161 cm³/mol. The second-order valence-electron chi connectivity index (χ2n) is 9.70. The number of ether oxygens (including phenoxy) is 1. The number of Topliss-reactive ketones (excluding diaryl/α,β-unsaturated/α-hetero) is 1. The van der Waals surface area contributed by atoms with Crippen LogP contribution in [0.15, 0.2) is 65.7 Å². The SMILES string of the molecule is CC.CCN(CC)CCOc1ccc(C(=O)N2C/C(=C\c3ccc(F)c(F)c3)C(=O)/C(=C/c3ccc(F)c(F)c3)C2)cc1F. The Morgan fingerprint density at radius 1 is 0.773 bits per heavy atom. The summed E-state index contributed by atoms with van der Waals surface area (Å²) in [4.78, 5) is 30.2. The summed E-state index contributed by atoms with van der Waals surface area (Å²) >= 11 is 0. The highest BCUT2D eigenvalue weighted by Gasteiger charge is 2.30. The number of amides is 1. The Hall–Kier alpha value is -4.31. The van der Waals surface area contributed by atoms with E-state index in [1.54, 1.807) is 0 Å². The van der Waals surface area contributed by atoms with Gasteiger partial charge in [0.25, 0.3) is 5.91 Å². The number of nitrogens with zero attached hydrogens (tertiary/aromatic N) is 2. The number of benzene rings is 3. The number of likely N-dealkylation sites (N-methyl/N-ethyl adjacent to an activating group) is 1. The molecule has 0 atom stereocenters. The number of likely N-dealkylation sites (tertiary alicyclic amines) is 1. The summed E-state index contributed by atoms with van der Waals surface area (Å²) in [5.74, 6) is -6.23. The molecule has 0 bridgehead atoms. The number of carbonyl (C=O) groups excluding carboxylic acids is 2. The van der Waals surface area contributed by atoms with Crippen molar-refractivity contribution in [3.05, 3.63) is 112 Å². The highest BCUT2D eigenvalue weighted by molar-refractivity contribution is 6.15. The van der Waals surface area contributed by atoms with Crippen LogP contribution >= 0.6 is 0 Å². The molecule has 10 heteroatoms. The van der Waals surface area contributed by atoms with Crippen molar-refractivity contribution < 1.29 is 36.3 Å². The van der Waals surface area contributed by atoms with Gasteiger partial charge >= 0.3 is 0 Å². The number of halogens is 5. The molecule has 3 aromatic rings. The van der Waals surface area contributed by atoms with E-state index >= 15 is 0 Å². The third kappa shape index (κ3) is 8.63. The normalized spacial score (nSPS) is 15.0. The van der Waals surface area contributed by atoms with E-state index in [1.165, 1.54) is 41.3 Å². The number of ketones is 1. The van der Waals surface area contributed by atoms with Gasteiger partial charge in [-0.05, 0) is 78.8 Å². The first-order valence-corrected chi connectivity index (χ1v) is 14.4. The minimum atomic E-state index is -1.12. The van der Waals surface area contributed by atoms with Gasteiger partial charge in [0.2, 0.25) is 0 Å². The van der Waals surface area contributed by atoms with Crippen molar-refractivity contribution in [2.45, 2.75) is 27.7 Å². The number of hydrogen-bond donors (Lipinski definition) is 0. The van der Waals surface area contributed by atoms with Crippen molar-refractivity contribution >= 4 is 23.8 Å². The van der Waals surface area contributed by atoms with Crippen molar-refractivity contribution in [2.24, 2.45) is 0 Å². The molecule has 1 aliphatic rings. The lowest BCUT2D eigenvalue weighted by Gasteiger charge is -2.30. The lowest BCUT2D eigenvalue weighted by molar-refractivity contribution is -0.113. The van der Waals surface area contributed by atoms with E-state index in [9.17, 15) is 31.5 Å². The Morgan fingerprint density at radius 2 is 1.30 bits per heavy atom. The molecule has 1 amide bonds. The molecule has 0 spiro atoms. The Labute approximate surface area is 254 Å². The molecule has 0 aromatic heterocycles. The molecule has 1 fully saturated rings. The number of rotatable bonds is 9. The quantitative estimate of drug-likeness (QED) is 0.187. The molecule has 0 unspecified atom stereocenters. The van der Waals surface area contributed by atoms with Gasteiger partial charge < -0.3 is 14.5 Å². The smallest absolute Gasteiger partial charge is 0.254 e. The molecule has 3 aromatic carbocycles. The van der Waals surface area contributed by atoms with Crippen LogP contribution in [-0.2, 0) is 4.79 Å². The molecule has 234 valence electrons. The Balaban J connectivity index is 0.00000259. The summed E-state index contributed by atoms with van der Waals surface area (Å²) in [6, 6.07) is 9.98. The molecular formula is C34H35F5N2O3. The van der Waals surface area contributed by atoms with Gasteiger partial charge in [0, 0.05) is 23.3 Å². The van der Waals surface area contributed by atoms with Crippen LogP contribution in [0, 0.1) is 29.1 Å². The summed E-state index contributed by atoms with van der Waals surface area (Å²) in [7, 11) is 0. The summed E-state index contributed by atoms with van der Waals surface area (Å²) < 4.78 is 75.0. The largest absolute Gasteiger partial charge is 0.489 e. The van der Waals surface area contributed by atoms with E-state index < -0.39 is 40.8 Å². The van der Waals surface area contributed by atoms with Crippen LogP contribution < -0.4 is 4.74 Å². The van der Waals surface area contributed by atoms with E-state index in [0.29, 0.717) is 6.54 Å². The van der Waals surface area contributed by atoms with Gasteiger partial charge in [0.15, 0.2) is 40.6 Å². The van der Waals surface area contributed by atoms with Crippen LogP contribution in [0.3, 0.4) is 0 Å². The average Bonchev–Trinajstić information content (AvgIpc) is 3.02. The zero-order chi connectivity index (χ0) is 32.4. The highest BCUT2D eigenvalue weighted by Crippen LogP contribution is 2.26. The fourth-order valence-corrected chi connectivity index (χ4v) is 4.55. The molecule has 0 saturated carbocycles. The van der Waals surface area contributed by atoms with Crippen molar-refractivity contribution in [1.82, 2.24) is 9.80 Å². The minimum Gasteiger partial charge on any atom is -0.489 e. The third-order valence-electron chi connectivity index (χ3n) is 6.90. The lowest BCUT2D eigenvalue weighted by Crippen LogP contribution is -2.41. The van der Waals surface area contributed by atoms with Gasteiger partial charge in [-0.2, -0.15) is 0 Å². The van der Waals surface area contributed by atoms with Crippen LogP contribution in [0.5, 0.6) is 5.75 Å². The van der Waals surface area contributed by atoms with Crippen LogP contribution in [0.1, 0.15) is 49.2 Å². The fraction of sp³-hybridized carbons (Fsp3) is 0.294. The summed E-state index contributed by atoms with van der Waals surface area (Å²) in [6.07, 6.45) is 2.63. The molecule has 44 heavy (non-hydrogen) atoms. The zero-order valence-corrected chi connectivity index (χ0v) is 25.1. The second-order valence-corrected chi connectivity index (χ2v) is 9.70. The van der Waals surface area contributed by atoms with Crippen molar-refractivity contribution in [1.29, 1.82) is 0 Å². The first-order chi connectivity index (χ1) is 21.1. The van der Waals surface area contributed by atoms with E-state index in [1.807, 2.05) is 27.7 Å². The molecule has 4 rings (SSSR count). The standard InChI is InChI=1S/C32H29F5N2O3.C2H6/c1-3-38(4-2)11-12-42-30-10-7-22(17-29(30)37)32(41)39-18-23(13-20-5-8-25(33)27(35)15-20)31(40)24(19-39)14-21-6-9-26(34)28(36)16-21;1-2/h5-10,13-17H,3-4,11-12,18-19H2,1-2H3;1-2H3/b23-13+,24-14+;. The van der Waals surface area contributed by atoms with Gasteiger partial charge in [0.05, 0.1) is 13.1 Å². The highest BCUT2D eigenvalue weighted by atomic mass is 19.2. The Kier molecular flexibility index (Phi) is 12.4. The van der Waals surface area contributed by atoms with Gasteiger partial charge in [-0.1, -0.05) is 39.8 Å². The number of hydrogen-bond acceptors (Lipinski definition) is 4. The first-order valence-electron chi connectivity index (χ1n) is 14.4. The van der Waals surface area contributed by atoms with Gasteiger partial charge in [-0.15, -0.1) is 0 Å². The first kappa shape index (κ1) is 34.2. The topological polar surface area (TPSA) is 49.9 Å². The molecule has 5 nitrogen and oxygen atoms in total. The van der Waals surface area contributed by atoms with Crippen LogP contribution in [-0.4, -0.2) is 60.8 Å². The molecular weight excluding hydrogens is 579 g/mol. The van der Waals surface area contributed by atoms with Gasteiger partial charge in [0.1, 0.15) is 6.61 Å². The van der Waals surface area contributed by atoms with Crippen molar-refractivity contribution in [2.75, 3.05) is 39.3 Å². The van der Waals surface area contributed by atoms with E-state index in [2.05, 4.69) is 4.90 Å². The summed E-state index contributed by atoms with van der Waals surface area (Å²) in [5.41, 5.74) is 0.474. The third-order valence-corrected chi connectivity index (χ3v) is 6.90. The molecule has 1 heterocycles. The molecule has 0 N–H and O–H groups in total. The van der Waals surface area contributed by atoms with E-state index in [-0.39, 0.29) is 53.3 Å². The average molecular weight is 615 g/mol. The number of piperidine rings is 1. The summed E-state index contributed by atoms with van der Waals surface area (Å²) in [5, 5.41) is 0. The molecule has 1 saturated heterocycles. The maximum absolute atomic E-state index is 14.9. The zero-order valence-electron chi connectivity index (χ0n) is 25.1. The van der Waals surface area contributed by atoms with Crippen LogP contribution in [0.4, 0.5) is 22.0 Å².